The Labute approximate surface area is 204 Å². The molecular formula is C24H36N6O5. The number of carboxylic acid groups (broad SMARTS) is 1. The van der Waals surface area contributed by atoms with Gasteiger partial charge < -0.3 is 37.5 Å². The third-order valence-electron chi connectivity index (χ3n) is 5.76. The SMILES string of the molecule is CC(C)C(N)C(=O)NCC(=O)NC(Cc1c[nH]c2ccccc12)C(=O)NC(CCCCN)C(=O)O. The van der Waals surface area contributed by atoms with Crippen LogP contribution in [0.4, 0.5) is 0 Å². The summed E-state index contributed by atoms with van der Waals surface area (Å²) < 4.78 is 0. The molecule has 0 aliphatic carbocycles. The van der Waals surface area contributed by atoms with Crippen LogP contribution in [0.2, 0.25) is 0 Å². The van der Waals surface area contributed by atoms with Crippen molar-refractivity contribution >= 4 is 34.6 Å². The molecule has 1 aromatic heterocycles. The molecule has 0 saturated carbocycles. The van der Waals surface area contributed by atoms with Crippen molar-refractivity contribution in [3.8, 4) is 0 Å². The number of H-pyrrole nitrogens is 1. The summed E-state index contributed by atoms with van der Waals surface area (Å²) in [6, 6.07) is 4.57. The first-order valence-electron chi connectivity index (χ1n) is 11.7. The van der Waals surface area contributed by atoms with E-state index in [1.165, 1.54) is 0 Å². The highest BCUT2D eigenvalue weighted by molar-refractivity contribution is 5.93. The second kappa shape index (κ2) is 13.4. The maximum atomic E-state index is 13.1. The number of aromatic amines is 1. The van der Waals surface area contributed by atoms with Gasteiger partial charge in [0.2, 0.25) is 17.7 Å². The molecule has 0 aliphatic rings. The number of hydrogen-bond acceptors (Lipinski definition) is 6. The average molecular weight is 489 g/mol. The smallest absolute Gasteiger partial charge is 0.326 e. The van der Waals surface area contributed by atoms with E-state index in [0.717, 1.165) is 16.5 Å². The number of unbranched alkanes of at least 4 members (excludes halogenated alkanes) is 1. The van der Waals surface area contributed by atoms with Crippen molar-refractivity contribution < 1.29 is 24.3 Å². The van der Waals surface area contributed by atoms with E-state index in [-0.39, 0.29) is 25.3 Å². The van der Waals surface area contributed by atoms with E-state index >= 15 is 0 Å². The van der Waals surface area contributed by atoms with Gasteiger partial charge in [0.25, 0.3) is 0 Å². The molecule has 3 amide bonds. The quantitative estimate of drug-likeness (QED) is 0.182. The van der Waals surface area contributed by atoms with E-state index in [1.54, 1.807) is 20.0 Å². The number of nitrogens with two attached hydrogens (primary N) is 2. The van der Waals surface area contributed by atoms with Crippen LogP contribution in [0.5, 0.6) is 0 Å². The van der Waals surface area contributed by atoms with Crippen molar-refractivity contribution in [2.45, 2.75) is 57.7 Å². The van der Waals surface area contributed by atoms with Crippen molar-refractivity contribution in [2.24, 2.45) is 17.4 Å². The van der Waals surface area contributed by atoms with Crippen LogP contribution in [0, 0.1) is 5.92 Å². The topological polar surface area (TPSA) is 192 Å². The highest BCUT2D eigenvalue weighted by Crippen LogP contribution is 2.19. The number of benzene rings is 1. The number of carbonyl (C=O) groups is 4. The number of fused-ring (bicyclic) bond motifs is 1. The molecule has 0 radical (unpaired) electrons. The molecule has 192 valence electrons. The molecule has 2 aromatic rings. The molecule has 9 N–H and O–H groups in total. The van der Waals surface area contributed by atoms with Crippen LogP contribution in [0.15, 0.2) is 30.5 Å². The maximum absolute atomic E-state index is 13.1. The Morgan fingerprint density at radius 3 is 2.40 bits per heavy atom. The Morgan fingerprint density at radius 2 is 1.74 bits per heavy atom. The lowest BCUT2D eigenvalue weighted by Gasteiger charge is -2.22. The number of rotatable bonds is 14. The van der Waals surface area contributed by atoms with E-state index in [0.29, 0.717) is 19.4 Å². The number of carboxylic acids is 1. The van der Waals surface area contributed by atoms with Crippen LogP contribution >= 0.6 is 0 Å². The van der Waals surface area contributed by atoms with Crippen molar-refractivity contribution in [2.75, 3.05) is 13.1 Å². The van der Waals surface area contributed by atoms with Crippen molar-refractivity contribution in [1.29, 1.82) is 0 Å². The molecule has 35 heavy (non-hydrogen) atoms. The Balaban J connectivity index is 2.15. The highest BCUT2D eigenvalue weighted by atomic mass is 16.4. The predicted octanol–water partition coefficient (Wildman–Crippen LogP) is -0.00690. The molecule has 2 rings (SSSR count). The number of amides is 3. The summed E-state index contributed by atoms with van der Waals surface area (Å²) in [5.41, 5.74) is 12.9. The van der Waals surface area contributed by atoms with Gasteiger partial charge in [0.15, 0.2) is 0 Å². The maximum Gasteiger partial charge on any atom is 0.326 e. The van der Waals surface area contributed by atoms with Gasteiger partial charge in [-0.3, -0.25) is 14.4 Å². The molecule has 3 atom stereocenters. The van der Waals surface area contributed by atoms with Crippen molar-refractivity contribution in [3.63, 3.8) is 0 Å². The number of aromatic nitrogens is 1. The number of nitrogens with one attached hydrogen (secondary N) is 4. The average Bonchev–Trinajstić information content (AvgIpc) is 3.23. The second-order valence-electron chi connectivity index (χ2n) is 8.86. The van der Waals surface area contributed by atoms with Crippen LogP contribution in [0.3, 0.4) is 0 Å². The minimum Gasteiger partial charge on any atom is -0.480 e. The summed E-state index contributed by atoms with van der Waals surface area (Å²) >= 11 is 0. The van der Waals surface area contributed by atoms with E-state index in [1.807, 2.05) is 24.3 Å². The molecule has 1 heterocycles. The van der Waals surface area contributed by atoms with Crippen LogP contribution in [0.1, 0.15) is 38.7 Å². The summed E-state index contributed by atoms with van der Waals surface area (Å²) in [6.45, 7) is 3.64. The molecule has 1 aromatic carbocycles. The van der Waals surface area contributed by atoms with Gasteiger partial charge >= 0.3 is 5.97 Å². The first-order valence-corrected chi connectivity index (χ1v) is 11.7. The van der Waals surface area contributed by atoms with Crippen LogP contribution in [-0.4, -0.2) is 65.0 Å². The largest absolute Gasteiger partial charge is 0.480 e. The number of aliphatic carboxylic acids is 1. The molecule has 0 spiro atoms. The second-order valence-corrected chi connectivity index (χ2v) is 8.86. The van der Waals surface area contributed by atoms with E-state index in [4.69, 9.17) is 11.5 Å². The highest BCUT2D eigenvalue weighted by Gasteiger charge is 2.27. The van der Waals surface area contributed by atoms with Crippen LogP contribution in [-0.2, 0) is 25.6 Å². The van der Waals surface area contributed by atoms with Gasteiger partial charge in [-0.25, -0.2) is 4.79 Å². The number of hydrogen-bond donors (Lipinski definition) is 7. The first-order chi connectivity index (χ1) is 16.6. The lowest BCUT2D eigenvalue weighted by molar-refractivity contribution is -0.142. The zero-order valence-corrected chi connectivity index (χ0v) is 20.2. The van der Waals surface area contributed by atoms with Crippen LogP contribution < -0.4 is 27.4 Å². The number of carbonyl (C=O) groups excluding carboxylic acids is 3. The summed E-state index contributed by atoms with van der Waals surface area (Å²) in [4.78, 5) is 52.6. The minimum atomic E-state index is -1.16. The van der Waals surface area contributed by atoms with Gasteiger partial charge in [-0.05, 0) is 43.4 Å². The lowest BCUT2D eigenvalue weighted by Crippen LogP contribution is -2.54. The standard InChI is InChI=1S/C24H36N6O5/c1-14(2)21(26)23(33)28-13-20(31)29-19(11-15-12-27-17-8-4-3-7-16(15)17)22(32)30-18(24(34)35)9-5-6-10-25/h3-4,7-8,12,14,18-19,21,27H,5-6,9-11,13,25-26H2,1-2H3,(H,28,33)(H,29,31)(H,30,32)(H,34,35). The summed E-state index contributed by atoms with van der Waals surface area (Å²) in [5.74, 6) is -2.97. The van der Waals surface area contributed by atoms with Crippen molar-refractivity contribution in [3.05, 3.63) is 36.0 Å². The van der Waals surface area contributed by atoms with Crippen molar-refractivity contribution in [1.82, 2.24) is 20.9 Å². The molecule has 11 nitrogen and oxygen atoms in total. The molecule has 0 aliphatic heterocycles. The molecule has 3 unspecified atom stereocenters. The Bertz CT molecular complexity index is 1020. The Kier molecular flexibility index (Phi) is 10.7. The Hall–Kier alpha value is -3.44. The summed E-state index contributed by atoms with van der Waals surface area (Å²) in [6.07, 6.45) is 3.25. The minimum absolute atomic E-state index is 0.106. The van der Waals surface area contributed by atoms with Gasteiger partial charge in [-0.1, -0.05) is 32.0 Å². The fourth-order valence-electron chi connectivity index (χ4n) is 3.59. The fraction of sp³-hybridized carbons (Fsp3) is 0.500. The molecule has 0 saturated heterocycles. The molecular weight excluding hydrogens is 452 g/mol. The fourth-order valence-corrected chi connectivity index (χ4v) is 3.59. The van der Waals surface area contributed by atoms with Gasteiger partial charge in [0.05, 0.1) is 12.6 Å². The summed E-state index contributed by atoms with van der Waals surface area (Å²) in [5, 5.41) is 18.0. The third kappa shape index (κ3) is 8.37. The predicted molar refractivity (Wildman–Crippen MR) is 132 cm³/mol. The first kappa shape index (κ1) is 27.8. The van der Waals surface area contributed by atoms with Gasteiger partial charge in [-0.15, -0.1) is 0 Å². The number of para-hydroxylation sites is 1. The molecule has 11 heteroatoms. The lowest BCUT2D eigenvalue weighted by atomic mass is 10.0. The normalized spacial score (nSPS) is 13.7. The van der Waals surface area contributed by atoms with E-state index < -0.39 is 41.8 Å². The molecule has 0 fully saturated rings. The third-order valence-corrected chi connectivity index (χ3v) is 5.76. The van der Waals surface area contributed by atoms with Crippen LogP contribution in [0.25, 0.3) is 10.9 Å². The van der Waals surface area contributed by atoms with Gasteiger partial charge in [-0.2, -0.15) is 0 Å². The Morgan fingerprint density at radius 1 is 1.03 bits per heavy atom. The molecule has 0 bridgehead atoms. The zero-order valence-electron chi connectivity index (χ0n) is 20.2. The van der Waals surface area contributed by atoms with E-state index in [9.17, 15) is 24.3 Å². The zero-order chi connectivity index (χ0) is 26.0. The van der Waals surface area contributed by atoms with Gasteiger partial charge in [0.1, 0.15) is 12.1 Å². The van der Waals surface area contributed by atoms with E-state index in [2.05, 4.69) is 20.9 Å². The van der Waals surface area contributed by atoms with Gasteiger partial charge in [0, 0.05) is 23.5 Å². The summed E-state index contributed by atoms with van der Waals surface area (Å²) in [7, 11) is 0. The monoisotopic (exact) mass is 488 g/mol.